The molecule has 3 rings (SSSR count). The standard InChI is InChI=1S/C18H26N2O/c1-2-18(11-5-6-12-18)17(21)20-13-7-9-15(19)14-8-3-4-10-16(14)20/h3-4,8,10,15H,2,5-7,9,11-13,19H2,1H3. The Hall–Kier alpha value is -1.35. The smallest absolute Gasteiger partial charge is 0.233 e. The number of hydrogen-bond donors (Lipinski definition) is 1. The monoisotopic (exact) mass is 286 g/mol. The van der Waals surface area contributed by atoms with Crippen LogP contribution in [0.4, 0.5) is 5.69 Å². The molecule has 0 radical (unpaired) electrons. The van der Waals surface area contributed by atoms with Crippen molar-refractivity contribution < 1.29 is 4.79 Å². The van der Waals surface area contributed by atoms with E-state index in [0.29, 0.717) is 5.91 Å². The minimum Gasteiger partial charge on any atom is -0.324 e. The normalized spacial score (nSPS) is 24.5. The molecule has 1 heterocycles. The lowest BCUT2D eigenvalue weighted by atomic mass is 9.81. The molecule has 3 heteroatoms. The number of benzene rings is 1. The van der Waals surface area contributed by atoms with Crippen LogP contribution in [0.25, 0.3) is 0 Å². The van der Waals surface area contributed by atoms with E-state index in [4.69, 9.17) is 5.73 Å². The van der Waals surface area contributed by atoms with Gasteiger partial charge < -0.3 is 10.6 Å². The summed E-state index contributed by atoms with van der Waals surface area (Å²) in [5.74, 6) is 0.337. The van der Waals surface area contributed by atoms with Gasteiger partial charge in [0.15, 0.2) is 0 Å². The van der Waals surface area contributed by atoms with Crippen molar-refractivity contribution in [2.24, 2.45) is 11.1 Å². The summed E-state index contributed by atoms with van der Waals surface area (Å²) in [5.41, 5.74) is 8.35. The van der Waals surface area contributed by atoms with Gasteiger partial charge in [0, 0.05) is 23.7 Å². The zero-order valence-corrected chi connectivity index (χ0v) is 13.0. The molecule has 114 valence electrons. The first-order chi connectivity index (χ1) is 10.2. The number of amides is 1. The van der Waals surface area contributed by atoms with E-state index < -0.39 is 0 Å². The Labute approximate surface area is 127 Å². The summed E-state index contributed by atoms with van der Waals surface area (Å²) in [6.45, 7) is 2.98. The first kappa shape index (κ1) is 14.6. The van der Waals surface area contributed by atoms with Gasteiger partial charge in [0.25, 0.3) is 0 Å². The van der Waals surface area contributed by atoms with Crippen LogP contribution in [-0.4, -0.2) is 12.5 Å². The molecule has 1 aromatic rings. The number of anilines is 1. The van der Waals surface area contributed by atoms with E-state index in [0.717, 1.165) is 49.9 Å². The maximum Gasteiger partial charge on any atom is 0.233 e. The van der Waals surface area contributed by atoms with Crippen LogP contribution in [0.3, 0.4) is 0 Å². The molecule has 0 aromatic heterocycles. The largest absolute Gasteiger partial charge is 0.324 e. The van der Waals surface area contributed by atoms with E-state index in [1.165, 1.54) is 12.8 Å². The number of carbonyl (C=O) groups excluding carboxylic acids is 1. The molecule has 1 atom stereocenters. The third-order valence-electron chi connectivity index (χ3n) is 5.46. The van der Waals surface area contributed by atoms with Gasteiger partial charge in [0.05, 0.1) is 0 Å². The maximum atomic E-state index is 13.3. The average molecular weight is 286 g/mol. The Morgan fingerprint density at radius 2 is 2.00 bits per heavy atom. The topological polar surface area (TPSA) is 46.3 Å². The molecule has 1 aliphatic carbocycles. The number of para-hydroxylation sites is 1. The molecular formula is C18H26N2O. The number of hydrogen-bond acceptors (Lipinski definition) is 2. The van der Waals surface area contributed by atoms with Gasteiger partial charge >= 0.3 is 0 Å². The summed E-state index contributed by atoms with van der Waals surface area (Å²) in [5, 5.41) is 0. The quantitative estimate of drug-likeness (QED) is 0.899. The predicted octanol–water partition coefficient (Wildman–Crippen LogP) is 3.78. The Morgan fingerprint density at radius 3 is 2.71 bits per heavy atom. The minimum atomic E-state index is -0.123. The zero-order chi connectivity index (χ0) is 14.9. The summed E-state index contributed by atoms with van der Waals surface area (Å²) in [7, 11) is 0. The van der Waals surface area contributed by atoms with E-state index in [2.05, 4.69) is 19.1 Å². The SMILES string of the molecule is CCC1(C(=O)N2CCCC(N)c3ccccc32)CCCC1. The Kier molecular flexibility index (Phi) is 4.03. The van der Waals surface area contributed by atoms with E-state index in [1.54, 1.807) is 0 Å². The molecule has 1 saturated carbocycles. The third-order valence-corrected chi connectivity index (χ3v) is 5.46. The number of carbonyl (C=O) groups is 1. The van der Waals surface area contributed by atoms with Crippen LogP contribution in [0, 0.1) is 5.41 Å². The highest BCUT2D eigenvalue weighted by molar-refractivity contribution is 5.98. The lowest BCUT2D eigenvalue weighted by Gasteiger charge is -2.34. The highest BCUT2D eigenvalue weighted by Gasteiger charge is 2.43. The van der Waals surface area contributed by atoms with Gasteiger partial charge in [-0.3, -0.25) is 4.79 Å². The molecule has 1 fully saturated rings. The van der Waals surface area contributed by atoms with Crippen LogP contribution in [0.5, 0.6) is 0 Å². The second-order valence-electron chi connectivity index (χ2n) is 6.61. The van der Waals surface area contributed by atoms with Gasteiger partial charge in [-0.2, -0.15) is 0 Å². The Morgan fingerprint density at radius 1 is 1.29 bits per heavy atom. The van der Waals surface area contributed by atoms with E-state index in [9.17, 15) is 4.79 Å². The van der Waals surface area contributed by atoms with Crippen LogP contribution in [0.2, 0.25) is 0 Å². The van der Waals surface area contributed by atoms with Crippen molar-refractivity contribution in [2.45, 2.75) is 57.9 Å². The highest BCUT2D eigenvalue weighted by atomic mass is 16.2. The van der Waals surface area contributed by atoms with Gasteiger partial charge in [-0.25, -0.2) is 0 Å². The molecule has 2 N–H and O–H groups in total. The molecule has 0 saturated heterocycles. The number of nitrogens with zero attached hydrogens (tertiary/aromatic N) is 1. The summed E-state index contributed by atoms with van der Waals surface area (Å²) in [4.78, 5) is 15.3. The highest BCUT2D eigenvalue weighted by Crippen LogP contribution is 2.44. The van der Waals surface area contributed by atoms with Crippen molar-refractivity contribution in [3.8, 4) is 0 Å². The van der Waals surface area contributed by atoms with Crippen LogP contribution < -0.4 is 10.6 Å². The van der Waals surface area contributed by atoms with Gasteiger partial charge in [-0.15, -0.1) is 0 Å². The molecule has 0 spiro atoms. The molecule has 2 aliphatic rings. The van der Waals surface area contributed by atoms with Crippen LogP contribution in [0.15, 0.2) is 24.3 Å². The second-order valence-corrected chi connectivity index (χ2v) is 6.61. The molecule has 0 bridgehead atoms. The third kappa shape index (κ3) is 2.48. The molecule has 1 amide bonds. The fourth-order valence-electron chi connectivity index (χ4n) is 4.06. The predicted molar refractivity (Wildman–Crippen MR) is 86.1 cm³/mol. The van der Waals surface area contributed by atoms with E-state index in [1.807, 2.05) is 17.0 Å². The molecular weight excluding hydrogens is 260 g/mol. The average Bonchev–Trinajstić information content (AvgIpc) is 2.95. The fraction of sp³-hybridized carbons (Fsp3) is 0.611. The summed E-state index contributed by atoms with van der Waals surface area (Å²) in [6, 6.07) is 8.25. The number of fused-ring (bicyclic) bond motifs is 1. The molecule has 3 nitrogen and oxygen atoms in total. The lowest BCUT2D eigenvalue weighted by Crippen LogP contribution is -2.43. The molecule has 1 aromatic carbocycles. The molecule has 21 heavy (non-hydrogen) atoms. The fourth-order valence-corrected chi connectivity index (χ4v) is 4.06. The zero-order valence-electron chi connectivity index (χ0n) is 13.0. The van der Waals surface area contributed by atoms with Gasteiger partial charge in [-0.05, 0) is 43.7 Å². The van der Waals surface area contributed by atoms with E-state index in [-0.39, 0.29) is 11.5 Å². The summed E-state index contributed by atoms with van der Waals surface area (Å²) in [6.07, 6.45) is 7.38. The minimum absolute atomic E-state index is 0.0557. The van der Waals surface area contributed by atoms with Crippen molar-refractivity contribution in [3.05, 3.63) is 29.8 Å². The van der Waals surface area contributed by atoms with Crippen molar-refractivity contribution >= 4 is 11.6 Å². The van der Waals surface area contributed by atoms with E-state index >= 15 is 0 Å². The first-order valence-corrected chi connectivity index (χ1v) is 8.34. The van der Waals surface area contributed by atoms with Crippen LogP contribution >= 0.6 is 0 Å². The summed E-state index contributed by atoms with van der Waals surface area (Å²) < 4.78 is 0. The lowest BCUT2D eigenvalue weighted by molar-refractivity contribution is -0.128. The van der Waals surface area contributed by atoms with Crippen LogP contribution in [0.1, 0.15) is 63.5 Å². The Balaban J connectivity index is 1.98. The molecule has 1 unspecified atom stereocenters. The summed E-state index contributed by atoms with van der Waals surface area (Å²) >= 11 is 0. The van der Waals surface area contributed by atoms with Crippen molar-refractivity contribution in [3.63, 3.8) is 0 Å². The van der Waals surface area contributed by atoms with Crippen molar-refractivity contribution in [2.75, 3.05) is 11.4 Å². The Bertz CT molecular complexity index is 520. The number of nitrogens with two attached hydrogens (primary N) is 1. The first-order valence-electron chi connectivity index (χ1n) is 8.34. The van der Waals surface area contributed by atoms with Crippen molar-refractivity contribution in [1.29, 1.82) is 0 Å². The number of rotatable bonds is 2. The van der Waals surface area contributed by atoms with Gasteiger partial charge in [0.2, 0.25) is 5.91 Å². The molecule has 1 aliphatic heterocycles. The maximum absolute atomic E-state index is 13.3. The van der Waals surface area contributed by atoms with Crippen LogP contribution in [-0.2, 0) is 4.79 Å². The van der Waals surface area contributed by atoms with Gasteiger partial charge in [-0.1, -0.05) is 38.0 Å². The van der Waals surface area contributed by atoms with Crippen molar-refractivity contribution in [1.82, 2.24) is 0 Å². The van der Waals surface area contributed by atoms with Gasteiger partial charge in [0.1, 0.15) is 0 Å². The second kappa shape index (κ2) is 5.80.